The van der Waals surface area contributed by atoms with Crippen molar-refractivity contribution in [2.45, 2.75) is 17.4 Å². The highest BCUT2D eigenvalue weighted by molar-refractivity contribution is 7.90. The van der Waals surface area contributed by atoms with Gasteiger partial charge in [0.2, 0.25) is 0 Å². The minimum atomic E-state index is -3.16. The molecule has 4 nitrogen and oxygen atoms in total. The van der Waals surface area contributed by atoms with Gasteiger partial charge in [-0.05, 0) is 17.7 Å². The molecule has 80 valence electrons. The van der Waals surface area contributed by atoms with Crippen LogP contribution in [0.1, 0.15) is 18.0 Å². The number of nitriles is 1. The molecular formula is C10H12N2O2S. The van der Waals surface area contributed by atoms with Gasteiger partial charge in [-0.25, -0.2) is 8.42 Å². The zero-order valence-corrected chi connectivity index (χ0v) is 9.16. The summed E-state index contributed by atoms with van der Waals surface area (Å²) >= 11 is 0. The Balaban J connectivity index is 2.96. The third-order valence-electron chi connectivity index (χ3n) is 2.05. The van der Waals surface area contributed by atoms with Gasteiger partial charge in [-0.15, -0.1) is 0 Å². The van der Waals surface area contributed by atoms with Gasteiger partial charge in [-0.3, -0.25) is 0 Å². The minimum absolute atomic E-state index is 0.220. The van der Waals surface area contributed by atoms with Crippen molar-refractivity contribution in [3.8, 4) is 6.07 Å². The van der Waals surface area contributed by atoms with E-state index in [2.05, 4.69) is 0 Å². The molecule has 0 amide bonds. The van der Waals surface area contributed by atoms with E-state index in [0.29, 0.717) is 0 Å². The van der Waals surface area contributed by atoms with Crippen molar-refractivity contribution < 1.29 is 8.42 Å². The molecule has 1 aromatic rings. The Morgan fingerprint density at radius 3 is 2.33 bits per heavy atom. The molecule has 0 aliphatic rings. The van der Waals surface area contributed by atoms with E-state index in [9.17, 15) is 8.42 Å². The van der Waals surface area contributed by atoms with Gasteiger partial charge in [-0.1, -0.05) is 12.1 Å². The third kappa shape index (κ3) is 3.05. The first-order valence-corrected chi connectivity index (χ1v) is 6.27. The summed E-state index contributed by atoms with van der Waals surface area (Å²) in [7, 11) is -3.16. The van der Waals surface area contributed by atoms with Crippen molar-refractivity contribution in [2.24, 2.45) is 5.73 Å². The van der Waals surface area contributed by atoms with E-state index < -0.39 is 9.84 Å². The van der Waals surface area contributed by atoms with E-state index in [4.69, 9.17) is 11.0 Å². The van der Waals surface area contributed by atoms with Gasteiger partial charge in [0.1, 0.15) is 0 Å². The van der Waals surface area contributed by atoms with Gasteiger partial charge < -0.3 is 5.73 Å². The highest BCUT2D eigenvalue weighted by Crippen LogP contribution is 2.16. The summed E-state index contributed by atoms with van der Waals surface area (Å²) in [6.45, 7) is 0. The summed E-state index contributed by atoms with van der Waals surface area (Å²) in [6, 6.07) is 7.89. The Morgan fingerprint density at radius 1 is 1.40 bits per heavy atom. The number of hydrogen-bond acceptors (Lipinski definition) is 4. The largest absolute Gasteiger partial charge is 0.323 e. The molecular weight excluding hydrogens is 212 g/mol. The van der Waals surface area contributed by atoms with Gasteiger partial charge in [-0.2, -0.15) is 5.26 Å². The van der Waals surface area contributed by atoms with Crippen molar-refractivity contribution >= 4 is 9.84 Å². The maximum absolute atomic E-state index is 11.2. The summed E-state index contributed by atoms with van der Waals surface area (Å²) in [5.41, 5.74) is 6.46. The second-order valence-electron chi connectivity index (χ2n) is 3.31. The lowest BCUT2D eigenvalue weighted by atomic mass is 10.1. The van der Waals surface area contributed by atoms with Crippen LogP contribution < -0.4 is 5.73 Å². The third-order valence-corrected chi connectivity index (χ3v) is 3.18. The Bertz CT molecular complexity index is 471. The summed E-state index contributed by atoms with van der Waals surface area (Å²) in [5.74, 6) is 0. The first kappa shape index (κ1) is 11.7. The van der Waals surface area contributed by atoms with Gasteiger partial charge >= 0.3 is 0 Å². The van der Waals surface area contributed by atoms with Gasteiger partial charge in [0.25, 0.3) is 0 Å². The molecule has 15 heavy (non-hydrogen) atoms. The monoisotopic (exact) mass is 224 g/mol. The molecule has 0 spiro atoms. The topological polar surface area (TPSA) is 83.9 Å². The zero-order valence-electron chi connectivity index (χ0n) is 8.34. The molecule has 1 rings (SSSR count). The van der Waals surface area contributed by atoms with Crippen LogP contribution in [0.5, 0.6) is 0 Å². The molecule has 0 saturated carbocycles. The first-order chi connectivity index (χ1) is 6.95. The molecule has 2 N–H and O–H groups in total. The van der Waals surface area contributed by atoms with E-state index in [1.807, 2.05) is 6.07 Å². The highest BCUT2D eigenvalue weighted by atomic mass is 32.2. The van der Waals surface area contributed by atoms with Crippen LogP contribution in [-0.2, 0) is 9.84 Å². The van der Waals surface area contributed by atoms with E-state index in [-0.39, 0.29) is 17.4 Å². The summed E-state index contributed by atoms with van der Waals surface area (Å²) in [6.07, 6.45) is 1.37. The summed E-state index contributed by atoms with van der Waals surface area (Å²) in [4.78, 5) is 0.260. The fraction of sp³-hybridized carbons (Fsp3) is 0.300. The van der Waals surface area contributed by atoms with E-state index in [0.717, 1.165) is 11.8 Å². The molecule has 0 heterocycles. The number of benzene rings is 1. The van der Waals surface area contributed by atoms with Crippen LogP contribution in [0.2, 0.25) is 0 Å². The van der Waals surface area contributed by atoms with E-state index >= 15 is 0 Å². The highest BCUT2D eigenvalue weighted by Gasteiger charge is 2.09. The smallest absolute Gasteiger partial charge is 0.175 e. The summed E-state index contributed by atoms with van der Waals surface area (Å²) in [5, 5.41) is 8.46. The second-order valence-corrected chi connectivity index (χ2v) is 5.33. The number of sulfone groups is 1. The molecule has 5 heteroatoms. The van der Waals surface area contributed by atoms with Crippen LogP contribution in [0.15, 0.2) is 29.2 Å². The minimum Gasteiger partial charge on any atom is -0.323 e. The Morgan fingerprint density at radius 2 is 1.93 bits per heavy atom. The maximum Gasteiger partial charge on any atom is 0.175 e. The molecule has 1 atom stereocenters. The van der Waals surface area contributed by atoms with Gasteiger partial charge in [0.05, 0.1) is 17.4 Å². The summed E-state index contributed by atoms with van der Waals surface area (Å²) < 4.78 is 22.3. The maximum atomic E-state index is 11.2. The zero-order chi connectivity index (χ0) is 11.5. The van der Waals surface area contributed by atoms with Crippen molar-refractivity contribution in [1.29, 1.82) is 5.26 Å². The molecule has 0 radical (unpaired) electrons. The molecule has 0 bridgehead atoms. The second kappa shape index (κ2) is 4.43. The Hall–Kier alpha value is -1.38. The molecule has 1 aromatic carbocycles. The average molecular weight is 224 g/mol. The Kier molecular flexibility index (Phi) is 3.45. The van der Waals surface area contributed by atoms with Gasteiger partial charge in [0, 0.05) is 12.3 Å². The Labute approximate surface area is 89.2 Å². The fourth-order valence-corrected chi connectivity index (χ4v) is 1.81. The molecule has 0 fully saturated rings. The first-order valence-electron chi connectivity index (χ1n) is 4.37. The van der Waals surface area contributed by atoms with Crippen LogP contribution in [0.4, 0.5) is 0 Å². The van der Waals surface area contributed by atoms with Crippen molar-refractivity contribution in [2.75, 3.05) is 6.26 Å². The predicted octanol–water partition coefficient (Wildman–Crippen LogP) is 1.00. The number of rotatable bonds is 3. The van der Waals surface area contributed by atoms with Crippen molar-refractivity contribution in [1.82, 2.24) is 0 Å². The molecule has 0 aliphatic carbocycles. The van der Waals surface area contributed by atoms with E-state index in [1.165, 1.54) is 12.1 Å². The van der Waals surface area contributed by atoms with E-state index in [1.54, 1.807) is 12.1 Å². The van der Waals surface area contributed by atoms with Crippen LogP contribution in [0.25, 0.3) is 0 Å². The molecule has 0 aliphatic heterocycles. The van der Waals surface area contributed by atoms with Gasteiger partial charge in [0.15, 0.2) is 9.84 Å². The molecule has 0 saturated heterocycles. The SMILES string of the molecule is CS(=O)(=O)c1ccc(C(N)CC#N)cc1. The normalized spacial score (nSPS) is 13.1. The average Bonchev–Trinajstić information content (AvgIpc) is 2.17. The van der Waals surface area contributed by atoms with Crippen molar-refractivity contribution in [3.05, 3.63) is 29.8 Å². The molecule has 0 aromatic heterocycles. The fourth-order valence-electron chi connectivity index (χ4n) is 1.18. The predicted molar refractivity (Wildman–Crippen MR) is 56.7 cm³/mol. The lowest BCUT2D eigenvalue weighted by molar-refractivity contribution is 0.601. The lowest BCUT2D eigenvalue weighted by Gasteiger charge is -2.07. The molecule has 1 unspecified atom stereocenters. The van der Waals surface area contributed by atoms with Crippen LogP contribution >= 0.6 is 0 Å². The van der Waals surface area contributed by atoms with Crippen LogP contribution in [0.3, 0.4) is 0 Å². The number of hydrogen-bond donors (Lipinski definition) is 1. The van der Waals surface area contributed by atoms with Crippen LogP contribution in [0, 0.1) is 11.3 Å². The van der Waals surface area contributed by atoms with Crippen LogP contribution in [-0.4, -0.2) is 14.7 Å². The number of nitrogens with two attached hydrogens (primary N) is 1. The number of nitrogens with zero attached hydrogens (tertiary/aromatic N) is 1. The standard InChI is InChI=1S/C10H12N2O2S/c1-15(13,14)9-4-2-8(3-5-9)10(12)6-7-11/h2-5,10H,6,12H2,1H3. The quantitative estimate of drug-likeness (QED) is 0.830. The van der Waals surface area contributed by atoms with Crippen molar-refractivity contribution in [3.63, 3.8) is 0 Å². The lowest BCUT2D eigenvalue weighted by Crippen LogP contribution is -2.09.